The van der Waals surface area contributed by atoms with Crippen LogP contribution in [0.3, 0.4) is 0 Å². The highest BCUT2D eigenvalue weighted by Crippen LogP contribution is 2.24. The van der Waals surface area contributed by atoms with Gasteiger partial charge in [-0.25, -0.2) is 4.39 Å². The molecule has 3 aromatic rings. The van der Waals surface area contributed by atoms with Gasteiger partial charge in [-0.15, -0.1) is 0 Å². The molecular formula is C20H20FN3O. The van der Waals surface area contributed by atoms with Gasteiger partial charge in [-0.2, -0.15) is 0 Å². The summed E-state index contributed by atoms with van der Waals surface area (Å²) in [5.41, 5.74) is 2.40. The second-order valence-corrected chi connectivity index (χ2v) is 6.40. The maximum absolute atomic E-state index is 13.9. The Bertz CT molecular complexity index is 926. The Balaban J connectivity index is 1.52. The molecule has 0 bridgehead atoms. The monoisotopic (exact) mass is 337 g/mol. The summed E-state index contributed by atoms with van der Waals surface area (Å²) in [5, 5.41) is 0.978. The molecule has 0 N–H and O–H groups in total. The Morgan fingerprint density at radius 1 is 0.960 bits per heavy atom. The molecule has 4 nitrogen and oxygen atoms in total. The third-order valence-corrected chi connectivity index (χ3v) is 4.89. The summed E-state index contributed by atoms with van der Waals surface area (Å²) in [6.45, 7) is 2.46. The number of halogens is 1. The average Bonchev–Trinajstić information content (AvgIpc) is 2.99. The Labute approximate surface area is 146 Å². The van der Waals surface area contributed by atoms with Crippen LogP contribution in [0.1, 0.15) is 10.4 Å². The minimum atomic E-state index is -0.212. The van der Waals surface area contributed by atoms with Gasteiger partial charge in [0.2, 0.25) is 0 Å². The Kier molecular flexibility index (Phi) is 3.92. The van der Waals surface area contributed by atoms with Gasteiger partial charge in [0.25, 0.3) is 5.91 Å². The standard InChI is InChI=1S/C20H20FN3O/c1-22-14-16(15-6-2-4-8-18(15)22)20(25)24-12-10-23(11-13-24)19-9-5-3-7-17(19)21/h2-9,14H,10-13H2,1H3. The van der Waals surface area contributed by atoms with E-state index in [9.17, 15) is 9.18 Å². The van der Waals surface area contributed by atoms with E-state index in [-0.39, 0.29) is 11.7 Å². The Morgan fingerprint density at radius 3 is 2.40 bits per heavy atom. The number of rotatable bonds is 2. The van der Waals surface area contributed by atoms with Crippen molar-refractivity contribution in [3.05, 3.63) is 66.1 Å². The van der Waals surface area contributed by atoms with E-state index in [1.54, 1.807) is 12.1 Å². The number of benzene rings is 2. The van der Waals surface area contributed by atoms with E-state index >= 15 is 0 Å². The summed E-state index contributed by atoms with van der Waals surface area (Å²) in [4.78, 5) is 16.8. The summed E-state index contributed by atoms with van der Waals surface area (Å²) >= 11 is 0. The molecule has 25 heavy (non-hydrogen) atoms. The highest BCUT2D eigenvalue weighted by Gasteiger charge is 2.25. The van der Waals surface area contributed by atoms with E-state index in [1.807, 2.05) is 57.9 Å². The predicted octanol–water partition coefficient (Wildman–Crippen LogP) is 3.28. The average molecular weight is 337 g/mol. The molecule has 1 aliphatic rings. The van der Waals surface area contributed by atoms with E-state index < -0.39 is 0 Å². The number of amides is 1. The lowest BCUT2D eigenvalue weighted by Crippen LogP contribution is -2.49. The minimum Gasteiger partial charge on any atom is -0.366 e. The van der Waals surface area contributed by atoms with Gasteiger partial charge in [-0.3, -0.25) is 4.79 Å². The summed E-state index contributed by atoms with van der Waals surface area (Å²) in [7, 11) is 1.95. The number of aryl methyl sites for hydroxylation is 1. The molecule has 0 radical (unpaired) electrons. The van der Waals surface area contributed by atoms with Crippen molar-refractivity contribution in [2.75, 3.05) is 31.1 Å². The number of aromatic nitrogens is 1. The number of carbonyl (C=O) groups is 1. The van der Waals surface area contributed by atoms with E-state index in [1.165, 1.54) is 6.07 Å². The summed E-state index contributed by atoms with van der Waals surface area (Å²) < 4.78 is 15.9. The fourth-order valence-corrected chi connectivity index (χ4v) is 3.54. The third-order valence-electron chi connectivity index (χ3n) is 4.89. The van der Waals surface area contributed by atoms with Gasteiger partial charge >= 0.3 is 0 Å². The number of hydrogen-bond donors (Lipinski definition) is 0. The molecule has 128 valence electrons. The van der Waals surface area contributed by atoms with Crippen molar-refractivity contribution < 1.29 is 9.18 Å². The van der Waals surface area contributed by atoms with Crippen molar-refractivity contribution in [2.24, 2.45) is 7.05 Å². The third kappa shape index (κ3) is 2.76. The first kappa shape index (κ1) is 15.7. The van der Waals surface area contributed by atoms with Gasteiger partial charge < -0.3 is 14.4 Å². The lowest BCUT2D eigenvalue weighted by molar-refractivity contribution is 0.0748. The number of hydrogen-bond acceptors (Lipinski definition) is 2. The van der Waals surface area contributed by atoms with Crippen molar-refractivity contribution in [2.45, 2.75) is 0 Å². The highest BCUT2D eigenvalue weighted by molar-refractivity contribution is 6.07. The number of piperazine rings is 1. The highest BCUT2D eigenvalue weighted by atomic mass is 19.1. The summed E-state index contributed by atoms with van der Waals surface area (Å²) in [6, 6.07) is 14.7. The van der Waals surface area contributed by atoms with E-state index in [2.05, 4.69) is 0 Å². The molecule has 1 aliphatic heterocycles. The lowest BCUT2D eigenvalue weighted by Gasteiger charge is -2.36. The van der Waals surface area contributed by atoms with E-state index in [4.69, 9.17) is 0 Å². The topological polar surface area (TPSA) is 28.5 Å². The molecule has 0 saturated carbocycles. The molecule has 1 amide bonds. The molecule has 0 unspecified atom stereocenters. The van der Waals surface area contributed by atoms with Crippen LogP contribution >= 0.6 is 0 Å². The number of fused-ring (bicyclic) bond motifs is 1. The molecule has 1 fully saturated rings. The molecule has 4 rings (SSSR count). The largest absolute Gasteiger partial charge is 0.366 e. The molecule has 2 heterocycles. The van der Waals surface area contributed by atoms with Crippen LogP contribution < -0.4 is 4.90 Å². The van der Waals surface area contributed by atoms with Gasteiger partial charge in [-0.05, 0) is 18.2 Å². The van der Waals surface area contributed by atoms with Crippen molar-refractivity contribution in [3.63, 3.8) is 0 Å². The van der Waals surface area contributed by atoms with Crippen LogP contribution in [0.25, 0.3) is 10.9 Å². The van der Waals surface area contributed by atoms with Crippen molar-refractivity contribution in [3.8, 4) is 0 Å². The van der Waals surface area contributed by atoms with Crippen LogP contribution in [0.15, 0.2) is 54.7 Å². The Morgan fingerprint density at radius 2 is 1.64 bits per heavy atom. The molecule has 1 saturated heterocycles. The molecule has 0 spiro atoms. The van der Waals surface area contributed by atoms with Gasteiger partial charge in [0, 0.05) is 50.3 Å². The number of para-hydroxylation sites is 2. The van der Waals surface area contributed by atoms with Gasteiger partial charge in [0.15, 0.2) is 0 Å². The number of anilines is 1. The minimum absolute atomic E-state index is 0.0463. The first-order valence-electron chi connectivity index (χ1n) is 8.48. The first-order chi connectivity index (χ1) is 12.1. The Hall–Kier alpha value is -2.82. The second kappa shape index (κ2) is 6.24. The normalized spacial score (nSPS) is 15.0. The second-order valence-electron chi connectivity index (χ2n) is 6.40. The molecule has 1 aromatic heterocycles. The quantitative estimate of drug-likeness (QED) is 0.718. The van der Waals surface area contributed by atoms with Crippen LogP contribution in [-0.2, 0) is 7.05 Å². The van der Waals surface area contributed by atoms with Crippen LogP contribution in [0.2, 0.25) is 0 Å². The van der Waals surface area contributed by atoms with Crippen LogP contribution in [0.5, 0.6) is 0 Å². The zero-order valence-electron chi connectivity index (χ0n) is 14.2. The molecule has 0 aliphatic carbocycles. The fraction of sp³-hybridized carbons (Fsp3) is 0.250. The zero-order valence-corrected chi connectivity index (χ0v) is 14.2. The molecule has 2 aromatic carbocycles. The van der Waals surface area contributed by atoms with Crippen LogP contribution in [-0.4, -0.2) is 41.6 Å². The SMILES string of the molecule is Cn1cc(C(=O)N2CCN(c3ccccc3F)CC2)c2ccccc21. The summed E-state index contributed by atoms with van der Waals surface area (Å²) in [6.07, 6.45) is 1.90. The fourth-order valence-electron chi connectivity index (χ4n) is 3.54. The predicted molar refractivity (Wildman–Crippen MR) is 97.4 cm³/mol. The number of nitrogens with zero attached hydrogens (tertiary/aromatic N) is 3. The van der Waals surface area contributed by atoms with Crippen molar-refractivity contribution in [1.82, 2.24) is 9.47 Å². The maximum atomic E-state index is 13.9. The first-order valence-corrected chi connectivity index (χ1v) is 8.48. The van der Waals surface area contributed by atoms with Crippen molar-refractivity contribution in [1.29, 1.82) is 0 Å². The smallest absolute Gasteiger partial charge is 0.256 e. The van der Waals surface area contributed by atoms with Gasteiger partial charge in [0.05, 0.1) is 11.3 Å². The lowest BCUT2D eigenvalue weighted by atomic mass is 10.1. The van der Waals surface area contributed by atoms with E-state index in [0.29, 0.717) is 31.9 Å². The molecular weight excluding hydrogens is 317 g/mol. The maximum Gasteiger partial charge on any atom is 0.256 e. The number of carbonyl (C=O) groups excluding carboxylic acids is 1. The van der Waals surface area contributed by atoms with Crippen molar-refractivity contribution >= 4 is 22.5 Å². The zero-order chi connectivity index (χ0) is 17.4. The van der Waals surface area contributed by atoms with Crippen LogP contribution in [0.4, 0.5) is 10.1 Å². The van der Waals surface area contributed by atoms with Gasteiger partial charge in [-0.1, -0.05) is 30.3 Å². The summed E-state index contributed by atoms with van der Waals surface area (Å²) in [5.74, 6) is -0.165. The molecule has 0 atom stereocenters. The van der Waals surface area contributed by atoms with E-state index in [0.717, 1.165) is 16.5 Å². The van der Waals surface area contributed by atoms with Crippen LogP contribution in [0, 0.1) is 5.82 Å². The van der Waals surface area contributed by atoms with Gasteiger partial charge in [0.1, 0.15) is 5.82 Å². The molecule has 5 heteroatoms.